The quantitative estimate of drug-likeness (QED) is 0.668. The Morgan fingerprint density at radius 1 is 0.846 bits per heavy atom. The van der Waals surface area contributed by atoms with Crippen molar-refractivity contribution in [3.63, 3.8) is 0 Å². The molecule has 0 radical (unpaired) electrons. The first-order chi connectivity index (χ1) is 12.8. The summed E-state index contributed by atoms with van der Waals surface area (Å²) in [5.41, 5.74) is 8.03. The molecule has 0 bridgehead atoms. The van der Waals surface area contributed by atoms with Gasteiger partial charge in [0.05, 0.1) is 11.7 Å². The number of rotatable bonds is 2. The maximum absolute atomic E-state index is 6.34. The first kappa shape index (κ1) is 15.5. The Hall–Kier alpha value is -2.75. The number of ether oxygens (including phenoxy) is 1. The van der Waals surface area contributed by atoms with Gasteiger partial charge in [0.25, 0.3) is 0 Å². The lowest BCUT2D eigenvalue weighted by atomic mass is 10.0. The van der Waals surface area contributed by atoms with Crippen molar-refractivity contribution in [2.24, 2.45) is 0 Å². The van der Waals surface area contributed by atoms with Crippen molar-refractivity contribution in [2.45, 2.75) is 12.3 Å². The number of nitrogens with one attached hydrogen (secondary N) is 1. The van der Waals surface area contributed by atoms with Crippen LogP contribution in [0.15, 0.2) is 84.9 Å². The van der Waals surface area contributed by atoms with Crippen LogP contribution in [-0.4, -0.2) is 5.01 Å². The Kier molecular flexibility index (Phi) is 3.70. The van der Waals surface area contributed by atoms with Gasteiger partial charge in [0, 0.05) is 16.1 Å². The van der Waals surface area contributed by atoms with E-state index in [1.54, 1.807) is 0 Å². The van der Waals surface area contributed by atoms with E-state index in [2.05, 4.69) is 52.9 Å². The van der Waals surface area contributed by atoms with Crippen molar-refractivity contribution >= 4 is 17.3 Å². The second-order valence-electron chi connectivity index (χ2n) is 6.47. The molecule has 0 saturated heterocycles. The third kappa shape index (κ3) is 2.57. The summed E-state index contributed by atoms with van der Waals surface area (Å²) in [5, 5.41) is 2.88. The first-order valence-electron chi connectivity index (χ1n) is 8.63. The molecule has 0 fully saturated rings. The maximum atomic E-state index is 6.34. The van der Waals surface area contributed by atoms with Crippen LogP contribution >= 0.6 is 11.6 Å². The van der Waals surface area contributed by atoms with Crippen LogP contribution in [0.2, 0.25) is 5.02 Å². The molecule has 0 aromatic heterocycles. The molecule has 3 nitrogen and oxygen atoms in total. The number of hydrogen-bond donors (Lipinski definition) is 1. The monoisotopic (exact) mass is 360 g/mol. The molecule has 2 aliphatic heterocycles. The second kappa shape index (κ2) is 6.20. The van der Waals surface area contributed by atoms with Crippen molar-refractivity contribution < 1.29 is 4.74 Å². The number of halogens is 1. The number of hydrogen-bond acceptors (Lipinski definition) is 3. The Bertz CT molecular complexity index is 969. The first-order valence-corrected chi connectivity index (χ1v) is 9.01. The predicted molar refractivity (Wildman–Crippen MR) is 103 cm³/mol. The minimum Gasteiger partial charge on any atom is -0.469 e. The van der Waals surface area contributed by atoms with E-state index in [0.29, 0.717) is 0 Å². The van der Waals surface area contributed by atoms with Crippen LogP contribution < -0.4 is 10.2 Å². The van der Waals surface area contributed by atoms with E-state index in [4.69, 9.17) is 16.3 Å². The van der Waals surface area contributed by atoms with Gasteiger partial charge >= 0.3 is 0 Å². The molecule has 26 heavy (non-hydrogen) atoms. The molecule has 3 aromatic rings. The fraction of sp³-hybridized carbons (Fsp3) is 0.0909. The van der Waals surface area contributed by atoms with Crippen molar-refractivity contribution in [3.8, 4) is 5.75 Å². The number of hydrazine groups is 1. The highest BCUT2D eigenvalue weighted by Gasteiger charge is 2.39. The number of nitrogens with zero attached hydrogens (tertiary/aromatic N) is 1. The Labute approximate surface area is 157 Å². The maximum Gasteiger partial charge on any atom is 0.195 e. The molecule has 5 rings (SSSR count). The van der Waals surface area contributed by atoms with Gasteiger partial charge in [-0.25, -0.2) is 0 Å². The smallest absolute Gasteiger partial charge is 0.195 e. The third-order valence-electron chi connectivity index (χ3n) is 4.84. The summed E-state index contributed by atoms with van der Waals surface area (Å²) in [6, 6.07) is 26.5. The van der Waals surface area contributed by atoms with E-state index in [-0.39, 0.29) is 12.3 Å². The molecule has 4 heteroatoms. The lowest BCUT2D eigenvalue weighted by Gasteiger charge is -2.38. The van der Waals surface area contributed by atoms with E-state index in [0.717, 1.165) is 33.2 Å². The van der Waals surface area contributed by atoms with Gasteiger partial charge in [0.2, 0.25) is 0 Å². The minimum absolute atomic E-state index is 0.107. The third-order valence-corrected chi connectivity index (χ3v) is 5.09. The van der Waals surface area contributed by atoms with E-state index in [1.807, 2.05) is 42.5 Å². The average Bonchev–Trinajstić information content (AvgIpc) is 3.14. The molecule has 1 N–H and O–H groups in total. The van der Waals surface area contributed by atoms with E-state index < -0.39 is 0 Å². The Balaban J connectivity index is 1.59. The van der Waals surface area contributed by atoms with Gasteiger partial charge < -0.3 is 10.2 Å². The van der Waals surface area contributed by atoms with Gasteiger partial charge in [-0.3, -0.25) is 0 Å². The van der Waals surface area contributed by atoms with Crippen molar-refractivity contribution in [3.05, 3.63) is 107 Å². The SMILES string of the molecule is Clc1ccc([C@H]2Oc3ccccc3[C@H]3C=C(c4ccccc4)NN32)cc1. The summed E-state index contributed by atoms with van der Waals surface area (Å²) in [6.07, 6.45) is 2.03. The number of fused-ring (bicyclic) bond motifs is 3. The number of para-hydroxylation sites is 1. The summed E-state index contributed by atoms with van der Waals surface area (Å²) in [4.78, 5) is 0. The minimum atomic E-state index is -0.232. The Morgan fingerprint density at radius 2 is 1.58 bits per heavy atom. The molecule has 2 atom stereocenters. The average molecular weight is 361 g/mol. The molecule has 128 valence electrons. The summed E-state index contributed by atoms with van der Waals surface area (Å²) < 4.78 is 6.34. The fourth-order valence-corrected chi connectivity index (χ4v) is 3.70. The number of benzene rings is 3. The highest BCUT2D eigenvalue weighted by molar-refractivity contribution is 6.30. The topological polar surface area (TPSA) is 24.5 Å². The van der Waals surface area contributed by atoms with Gasteiger partial charge in [-0.2, -0.15) is 5.01 Å². The van der Waals surface area contributed by atoms with E-state index in [9.17, 15) is 0 Å². The molecule has 3 aromatic carbocycles. The molecule has 0 unspecified atom stereocenters. The van der Waals surface area contributed by atoms with Gasteiger partial charge in [-0.15, -0.1) is 0 Å². The molecule has 0 saturated carbocycles. The van der Waals surface area contributed by atoms with E-state index >= 15 is 0 Å². The lowest BCUT2D eigenvalue weighted by Crippen LogP contribution is -2.43. The van der Waals surface area contributed by atoms with Gasteiger partial charge in [0.15, 0.2) is 6.23 Å². The van der Waals surface area contributed by atoms with Crippen molar-refractivity contribution in [2.75, 3.05) is 0 Å². The van der Waals surface area contributed by atoms with Gasteiger partial charge in [-0.05, 0) is 29.8 Å². The van der Waals surface area contributed by atoms with Crippen LogP contribution in [0.5, 0.6) is 5.75 Å². The zero-order valence-corrected chi connectivity index (χ0v) is 14.7. The molecular formula is C22H17ClN2O. The predicted octanol–water partition coefficient (Wildman–Crippen LogP) is 5.33. The van der Waals surface area contributed by atoms with Crippen LogP contribution in [0.3, 0.4) is 0 Å². The Morgan fingerprint density at radius 3 is 2.38 bits per heavy atom. The molecule has 0 spiro atoms. The summed E-state index contributed by atoms with van der Waals surface area (Å²) in [7, 11) is 0. The van der Waals surface area contributed by atoms with Crippen LogP contribution in [0, 0.1) is 0 Å². The molecule has 2 heterocycles. The molecule has 0 amide bonds. The molecule has 2 aliphatic rings. The highest BCUT2D eigenvalue weighted by Crippen LogP contribution is 2.45. The van der Waals surface area contributed by atoms with Gasteiger partial charge in [0.1, 0.15) is 5.75 Å². The standard InChI is InChI=1S/C22H17ClN2O/c23-17-12-10-16(11-13-17)22-25-20(18-8-4-5-9-21(18)26-22)14-19(24-25)15-6-2-1-3-7-15/h1-14,20,22,24H/t20-,22-/m1/s1. The van der Waals surface area contributed by atoms with Crippen molar-refractivity contribution in [1.29, 1.82) is 0 Å². The lowest BCUT2D eigenvalue weighted by molar-refractivity contribution is -0.0326. The highest BCUT2D eigenvalue weighted by atomic mass is 35.5. The van der Waals surface area contributed by atoms with Crippen LogP contribution in [0.1, 0.15) is 29.0 Å². The van der Waals surface area contributed by atoms with Crippen LogP contribution in [0.4, 0.5) is 0 Å². The van der Waals surface area contributed by atoms with Crippen molar-refractivity contribution in [1.82, 2.24) is 10.4 Å². The summed E-state index contributed by atoms with van der Waals surface area (Å²) in [6.45, 7) is 0. The normalized spacial score (nSPS) is 21.2. The second-order valence-corrected chi connectivity index (χ2v) is 6.91. The zero-order chi connectivity index (χ0) is 17.5. The molecule has 0 aliphatic carbocycles. The zero-order valence-electron chi connectivity index (χ0n) is 14.0. The van der Waals surface area contributed by atoms with Gasteiger partial charge in [-0.1, -0.05) is 72.3 Å². The van der Waals surface area contributed by atoms with E-state index in [1.165, 1.54) is 0 Å². The molecular weight excluding hydrogens is 344 g/mol. The van der Waals surface area contributed by atoms with Crippen LogP contribution in [0.25, 0.3) is 5.70 Å². The fourth-order valence-electron chi connectivity index (χ4n) is 3.57. The summed E-state index contributed by atoms with van der Waals surface area (Å²) in [5.74, 6) is 0.918. The summed E-state index contributed by atoms with van der Waals surface area (Å²) >= 11 is 6.07. The van der Waals surface area contributed by atoms with Crippen LogP contribution in [-0.2, 0) is 0 Å². The largest absolute Gasteiger partial charge is 0.469 e.